The molecule has 0 radical (unpaired) electrons. The first-order valence-corrected chi connectivity index (χ1v) is 17.4. The maximum absolute atomic E-state index is 3.65. The van der Waals surface area contributed by atoms with Crippen LogP contribution in [0.4, 0.5) is 0 Å². The van der Waals surface area contributed by atoms with E-state index in [1.54, 1.807) is 27.4 Å². The average molecular weight is 705 g/mol. The van der Waals surface area contributed by atoms with Gasteiger partial charge >= 0.3 is 59.5 Å². The van der Waals surface area contributed by atoms with E-state index in [-0.39, 0.29) is 35.6 Å². The van der Waals surface area contributed by atoms with Crippen LogP contribution in [0.3, 0.4) is 0 Å². The molecular formula is C41H50Cl2Zr-2. The van der Waals surface area contributed by atoms with Crippen molar-refractivity contribution in [3.63, 3.8) is 0 Å². The Morgan fingerprint density at radius 3 is 1.80 bits per heavy atom. The van der Waals surface area contributed by atoms with Crippen molar-refractivity contribution < 1.29 is 49.0 Å². The van der Waals surface area contributed by atoms with Crippen molar-refractivity contribution in [3.05, 3.63) is 98.6 Å². The molecule has 234 valence electrons. The van der Waals surface area contributed by atoms with Gasteiger partial charge in [0.05, 0.1) is 0 Å². The summed E-state index contributed by atoms with van der Waals surface area (Å²) < 4.78 is 1.80. The predicted octanol–water partition coefficient (Wildman–Crippen LogP) is 5.27. The Morgan fingerprint density at radius 1 is 0.750 bits per heavy atom. The summed E-state index contributed by atoms with van der Waals surface area (Å²) >= 11 is 1.69. The molecule has 0 bridgehead atoms. The quantitative estimate of drug-likeness (QED) is 0.237. The van der Waals surface area contributed by atoms with Crippen LogP contribution in [-0.4, -0.2) is 3.21 Å². The molecule has 0 nitrogen and oxygen atoms in total. The van der Waals surface area contributed by atoms with Gasteiger partial charge in [0, 0.05) is 5.41 Å². The Labute approximate surface area is 295 Å². The van der Waals surface area contributed by atoms with E-state index in [4.69, 9.17) is 0 Å². The zero-order valence-electron chi connectivity index (χ0n) is 28.6. The first-order chi connectivity index (χ1) is 19.7. The summed E-state index contributed by atoms with van der Waals surface area (Å²) in [6.07, 6.45) is 14.4. The van der Waals surface area contributed by atoms with Gasteiger partial charge in [0.2, 0.25) is 0 Å². The summed E-state index contributed by atoms with van der Waals surface area (Å²) in [5.74, 6) is 0.675. The zero-order chi connectivity index (χ0) is 30.6. The SMILES string of the molecule is CC1=[C-]C(C)(C)c2cc3c(cc21)-c1cc2c(cc1C3)C(C)(C)C=C2C.Cc1cc(C(C)C)c(C)[cH-]1.[Cl-].[Cl-].[Zr+2]=[C]1CCCCC1. The molecule has 44 heavy (non-hydrogen) atoms. The number of benzene rings is 2. The van der Waals surface area contributed by atoms with E-state index >= 15 is 0 Å². The van der Waals surface area contributed by atoms with Gasteiger partial charge in [0.25, 0.3) is 0 Å². The summed E-state index contributed by atoms with van der Waals surface area (Å²) in [6, 6.07) is 14.3. The minimum absolute atomic E-state index is 0. The topological polar surface area (TPSA) is 0 Å². The maximum atomic E-state index is 3.65. The van der Waals surface area contributed by atoms with E-state index in [0.717, 1.165) is 6.42 Å². The van der Waals surface area contributed by atoms with Gasteiger partial charge in [-0.25, -0.2) is 11.6 Å². The number of hydrogen-bond donors (Lipinski definition) is 0. The third-order valence-electron chi connectivity index (χ3n) is 9.79. The standard InChI is InChI=1S/C25H25.C10H15.C6H10.2ClH.Zr/c1-14-12-24(3,4)22-8-16-7-17-9-23-19(15(2)13-25(23,5)6)11-21(17)20(16)10-18(14)22;1-7(2)10-6-8(3)5-9(10)4;1-2-4-6-5-3-1;;;/h8-12H,7H2,1-6H3;5-7H,1-4H3;1-5H2;2*1H;/q2*-1;;;;+2/p-2. The third kappa shape index (κ3) is 7.43. The van der Waals surface area contributed by atoms with Crippen LogP contribution in [-0.2, 0) is 41.5 Å². The Kier molecular flexibility index (Phi) is 11.9. The number of halogens is 2. The monoisotopic (exact) mass is 702 g/mol. The van der Waals surface area contributed by atoms with Crippen LogP contribution < -0.4 is 24.8 Å². The van der Waals surface area contributed by atoms with Crippen LogP contribution in [0.1, 0.15) is 143 Å². The molecule has 0 aliphatic heterocycles. The summed E-state index contributed by atoms with van der Waals surface area (Å²) in [5, 5.41) is 0. The number of rotatable bonds is 1. The van der Waals surface area contributed by atoms with Crippen molar-refractivity contribution in [1.29, 1.82) is 0 Å². The van der Waals surface area contributed by atoms with E-state index in [9.17, 15) is 0 Å². The average Bonchev–Trinajstić information content (AvgIpc) is 3.57. The Bertz CT molecular complexity index is 1510. The molecule has 0 atom stereocenters. The molecular weight excluding hydrogens is 655 g/mol. The van der Waals surface area contributed by atoms with Gasteiger partial charge in [-0.2, -0.15) is 28.3 Å². The van der Waals surface area contributed by atoms with Gasteiger partial charge < -0.3 is 24.8 Å². The van der Waals surface area contributed by atoms with Crippen LogP contribution in [0.2, 0.25) is 0 Å². The molecule has 0 amide bonds. The van der Waals surface area contributed by atoms with Gasteiger partial charge in [-0.1, -0.05) is 91.9 Å². The van der Waals surface area contributed by atoms with Crippen molar-refractivity contribution in [2.24, 2.45) is 0 Å². The fraction of sp³-hybridized carbons (Fsp3) is 0.463. The minimum atomic E-state index is 0. The van der Waals surface area contributed by atoms with Crippen LogP contribution in [0.25, 0.3) is 22.3 Å². The predicted molar refractivity (Wildman–Crippen MR) is 180 cm³/mol. The zero-order valence-corrected chi connectivity index (χ0v) is 32.6. The van der Waals surface area contributed by atoms with Gasteiger partial charge in [0.15, 0.2) is 0 Å². The number of fused-ring (bicyclic) bond motifs is 5. The molecule has 4 aliphatic rings. The summed E-state index contributed by atoms with van der Waals surface area (Å²) in [4.78, 5) is 0. The first kappa shape index (κ1) is 37.1. The van der Waals surface area contributed by atoms with E-state index in [1.807, 2.05) is 0 Å². The molecule has 1 saturated carbocycles. The van der Waals surface area contributed by atoms with Crippen LogP contribution in [0.5, 0.6) is 0 Å². The second kappa shape index (κ2) is 14.2. The molecule has 0 spiro atoms. The van der Waals surface area contributed by atoms with Gasteiger partial charge in [-0.3, -0.25) is 6.08 Å². The van der Waals surface area contributed by atoms with E-state index in [0.29, 0.717) is 5.92 Å². The number of aryl methyl sites for hydroxylation is 2. The van der Waals surface area contributed by atoms with Crippen molar-refractivity contribution >= 4 is 14.4 Å². The molecule has 3 heteroatoms. The third-order valence-corrected chi connectivity index (χ3v) is 11.0. The van der Waals surface area contributed by atoms with Gasteiger partial charge in [-0.05, 0) is 58.4 Å². The first-order valence-electron chi connectivity index (χ1n) is 16.1. The normalized spacial score (nSPS) is 17.8. The number of allylic oxidation sites excluding steroid dienone is 4. The van der Waals surface area contributed by atoms with Crippen LogP contribution >= 0.6 is 0 Å². The van der Waals surface area contributed by atoms with E-state index in [1.165, 1.54) is 104 Å². The number of hydrogen-bond acceptors (Lipinski definition) is 0. The van der Waals surface area contributed by atoms with E-state index < -0.39 is 0 Å². The molecule has 1 fully saturated rings. The summed E-state index contributed by atoms with van der Waals surface area (Å²) in [7, 11) is 0. The Hall–Kier alpha value is -1.40. The van der Waals surface area contributed by atoms with Crippen molar-refractivity contribution in [2.75, 3.05) is 0 Å². The van der Waals surface area contributed by atoms with Crippen LogP contribution in [0, 0.1) is 19.9 Å². The fourth-order valence-corrected chi connectivity index (χ4v) is 8.57. The second-order valence-corrected chi connectivity index (χ2v) is 16.4. The molecule has 0 aromatic heterocycles. The van der Waals surface area contributed by atoms with Crippen LogP contribution in [0.15, 0.2) is 42.5 Å². The summed E-state index contributed by atoms with van der Waals surface area (Å²) in [6.45, 7) is 22.5. The molecule has 0 heterocycles. The van der Waals surface area contributed by atoms with Crippen molar-refractivity contribution in [2.45, 2.75) is 125 Å². The molecule has 7 rings (SSSR count). The summed E-state index contributed by atoms with van der Waals surface area (Å²) in [5.41, 5.74) is 18.9. The molecule has 3 aromatic rings. The Morgan fingerprint density at radius 2 is 1.32 bits per heavy atom. The van der Waals surface area contributed by atoms with Gasteiger partial charge in [-0.15, -0.1) is 11.6 Å². The fourth-order valence-electron chi connectivity index (χ4n) is 7.70. The molecule has 4 aliphatic carbocycles. The molecule has 0 unspecified atom stereocenters. The molecule has 0 N–H and O–H groups in total. The second-order valence-electron chi connectivity index (χ2n) is 14.7. The Balaban J connectivity index is 0.000000231. The van der Waals surface area contributed by atoms with E-state index in [2.05, 4.69) is 118 Å². The molecule has 0 saturated heterocycles. The van der Waals surface area contributed by atoms with Crippen molar-refractivity contribution in [3.8, 4) is 11.1 Å². The molecule has 3 aromatic carbocycles. The van der Waals surface area contributed by atoms with Crippen molar-refractivity contribution in [1.82, 2.24) is 0 Å². The van der Waals surface area contributed by atoms with Gasteiger partial charge in [0.1, 0.15) is 0 Å².